The van der Waals surface area contributed by atoms with Crippen molar-refractivity contribution in [1.82, 2.24) is 13.8 Å². The van der Waals surface area contributed by atoms with Crippen molar-refractivity contribution in [3.05, 3.63) is 18.0 Å². The lowest BCUT2D eigenvalue weighted by Gasteiger charge is -2.33. The van der Waals surface area contributed by atoms with E-state index in [0.29, 0.717) is 19.5 Å². The molecule has 9 heteroatoms. The van der Waals surface area contributed by atoms with Crippen LogP contribution >= 0.6 is 0 Å². The van der Waals surface area contributed by atoms with E-state index in [2.05, 4.69) is 0 Å². The summed E-state index contributed by atoms with van der Waals surface area (Å²) in [4.78, 5) is 27.6. The first-order valence-corrected chi connectivity index (χ1v) is 11.8. The molecule has 3 rings (SSSR count). The van der Waals surface area contributed by atoms with Gasteiger partial charge in [0.15, 0.2) is 0 Å². The number of hydrogen-bond donors (Lipinski definition) is 0. The van der Waals surface area contributed by atoms with Gasteiger partial charge in [-0.25, -0.2) is 13.2 Å². The van der Waals surface area contributed by atoms with Gasteiger partial charge >= 0.3 is 5.97 Å². The molecule has 1 saturated carbocycles. The van der Waals surface area contributed by atoms with Crippen LogP contribution in [0.2, 0.25) is 0 Å². The van der Waals surface area contributed by atoms with Crippen molar-refractivity contribution in [2.24, 2.45) is 13.0 Å². The number of amides is 1. The third-order valence-corrected chi connectivity index (χ3v) is 8.35. The molecule has 0 radical (unpaired) electrons. The summed E-state index contributed by atoms with van der Waals surface area (Å²) in [7, 11) is -0.667. The van der Waals surface area contributed by atoms with Crippen molar-refractivity contribution in [3.63, 3.8) is 0 Å². The first-order chi connectivity index (χ1) is 13.8. The van der Waals surface area contributed by atoms with Crippen LogP contribution in [0.1, 0.15) is 56.4 Å². The zero-order valence-electron chi connectivity index (χ0n) is 17.6. The van der Waals surface area contributed by atoms with Crippen LogP contribution in [-0.2, 0) is 26.6 Å². The topological polar surface area (TPSA) is 88.9 Å². The van der Waals surface area contributed by atoms with Crippen molar-refractivity contribution in [3.8, 4) is 0 Å². The molecular formula is C20H31N3O5S. The van der Waals surface area contributed by atoms with Crippen LogP contribution in [0.4, 0.5) is 0 Å². The predicted octanol–water partition coefficient (Wildman–Crippen LogP) is 2.00. The third-order valence-electron chi connectivity index (χ3n) is 6.34. The molecule has 162 valence electrons. The fraction of sp³-hybridized carbons (Fsp3) is 0.700. The number of fused-ring (bicyclic) bond motifs is 1. The summed E-state index contributed by atoms with van der Waals surface area (Å²) in [5, 5.41) is 0. The fourth-order valence-electron chi connectivity index (χ4n) is 4.83. The normalized spacial score (nSPS) is 24.6. The monoisotopic (exact) mass is 425 g/mol. The van der Waals surface area contributed by atoms with Crippen LogP contribution in [0.15, 0.2) is 17.2 Å². The van der Waals surface area contributed by atoms with Crippen LogP contribution in [0.5, 0.6) is 0 Å². The third kappa shape index (κ3) is 3.82. The van der Waals surface area contributed by atoms with E-state index in [1.807, 2.05) is 0 Å². The standard InChI is InChI=1S/C20H31N3O5S/c1-5-22(6-2)29(26,27)15-12-17(21(3)13-15)19(24)23-16-10-8-7-9-14(16)11-18(23)20(25)28-4/h12-14,16,18H,5-11H2,1-4H3. The van der Waals surface area contributed by atoms with Gasteiger partial charge in [0.2, 0.25) is 10.0 Å². The number of carbonyl (C=O) groups excluding carboxylic acids is 2. The largest absolute Gasteiger partial charge is 0.467 e. The molecule has 1 aliphatic carbocycles. The molecule has 2 fully saturated rings. The van der Waals surface area contributed by atoms with Gasteiger partial charge in [0.1, 0.15) is 16.6 Å². The zero-order chi connectivity index (χ0) is 21.3. The maximum Gasteiger partial charge on any atom is 0.328 e. The van der Waals surface area contributed by atoms with E-state index in [9.17, 15) is 18.0 Å². The number of sulfonamides is 1. The lowest BCUT2D eigenvalue weighted by molar-refractivity contribution is -0.145. The first kappa shape index (κ1) is 21.8. The van der Waals surface area contributed by atoms with Gasteiger partial charge in [-0.1, -0.05) is 26.7 Å². The fourth-order valence-corrected chi connectivity index (χ4v) is 6.36. The number of carbonyl (C=O) groups is 2. The average Bonchev–Trinajstić information content (AvgIpc) is 3.29. The van der Waals surface area contributed by atoms with Crippen LogP contribution in [0.25, 0.3) is 0 Å². The highest BCUT2D eigenvalue weighted by molar-refractivity contribution is 7.89. The Hall–Kier alpha value is -1.87. The van der Waals surface area contributed by atoms with Gasteiger partial charge in [-0.3, -0.25) is 4.79 Å². The van der Waals surface area contributed by atoms with Gasteiger partial charge < -0.3 is 14.2 Å². The Balaban J connectivity index is 1.96. The summed E-state index contributed by atoms with van der Waals surface area (Å²) in [6.45, 7) is 4.28. The minimum atomic E-state index is -3.67. The summed E-state index contributed by atoms with van der Waals surface area (Å²) in [5.41, 5.74) is 0.274. The number of likely N-dealkylation sites (tertiary alicyclic amines) is 1. The SMILES string of the molecule is CCN(CC)S(=O)(=O)c1cc(C(=O)N2C(C(=O)OC)CC3CCCCC32)n(C)c1. The Kier molecular flexibility index (Phi) is 6.38. The number of hydrogen-bond acceptors (Lipinski definition) is 5. The van der Waals surface area contributed by atoms with Crippen LogP contribution in [0.3, 0.4) is 0 Å². The number of nitrogens with zero attached hydrogens (tertiary/aromatic N) is 3. The van der Waals surface area contributed by atoms with Crippen molar-refractivity contribution in [2.75, 3.05) is 20.2 Å². The number of methoxy groups -OCH3 is 1. The zero-order valence-corrected chi connectivity index (χ0v) is 18.4. The van der Waals surface area contributed by atoms with Crippen LogP contribution in [0, 0.1) is 5.92 Å². The van der Waals surface area contributed by atoms with Gasteiger partial charge in [-0.15, -0.1) is 0 Å². The number of esters is 1. The second kappa shape index (κ2) is 8.47. The van der Waals surface area contributed by atoms with Crippen molar-refractivity contribution < 1.29 is 22.7 Å². The van der Waals surface area contributed by atoms with Crippen molar-refractivity contribution >= 4 is 21.9 Å². The van der Waals surface area contributed by atoms with Gasteiger partial charge in [0, 0.05) is 32.4 Å². The number of rotatable bonds is 6. The highest BCUT2D eigenvalue weighted by Gasteiger charge is 2.48. The highest BCUT2D eigenvalue weighted by atomic mass is 32.2. The first-order valence-electron chi connectivity index (χ1n) is 10.3. The Morgan fingerprint density at radius 3 is 2.48 bits per heavy atom. The summed E-state index contributed by atoms with van der Waals surface area (Å²) in [6, 6.07) is 0.817. The molecule has 0 bridgehead atoms. The van der Waals surface area contributed by atoms with E-state index in [1.54, 1.807) is 30.4 Å². The van der Waals surface area contributed by atoms with E-state index >= 15 is 0 Å². The molecule has 2 heterocycles. The molecule has 1 saturated heterocycles. The molecule has 3 unspecified atom stereocenters. The number of aromatic nitrogens is 1. The van der Waals surface area contributed by atoms with Gasteiger partial charge in [-0.05, 0) is 31.2 Å². The minimum absolute atomic E-state index is 0.00177. The molecule has 2 aliphatic rings. The Morgan fingerprint density at radius 1 is 1.21 bits per heavy atom. The second-order valence-electron chi connectivity index (χ2n) is 7.86. The number of aryl methyl sites for hydroxylation is 1. The molecule has 0 N–H and O–H groups in total. The molecule has 0 spiro atoms. The molecule has 1 aromatic rings. The van der Waals surface area contributed by atoms with E-state index in [-0.39, 0.29) is 28.5 Å². The van der Waals surface area contributed by atoms with E-state index < -0.39 is 22.0 Å². The summed E-state index contributed by atoms with van der Waals surface area (Å²) >= 11 is 0. The maximum absolute atomic E-state index is 13.5. The van der Waals surface area contributed by atoms with E-state index in [1.165, 1.54) is 23.7 Å². The molecule has 3 atom stereocenters. The van der Waals surface area contributed by atoms with Gasteiger partial charge in [-0.2, -0.15) is 4.31 Å². The number of ether oxygens (including phenoxy) is 1. The molecule has 8 nitrogen and oxygen atoms in total. The van der Waals surface area contributed by atoms with Gasteiger partial charge in [0.25, 0.3) is 5.91 Å². The Bertz CT molecular complexity index is 875. The maximum atomic E-state index is 13.5. The summed E-state index contributed by atoms with van der Waals surface area (Å²) in [6.07, 6.45) is 6.07. The predicted molar refractivity (Wildman–Crippen MR) is 108 cm³/mol. The lowest BCUT2D eigenvalue weighted by Crippen LogP contribution is -2.47. The Morgan fingerprint density at radius 2 is 1.86 bits per heavy atom. The highest BCUT2D eigenvalue weighted by Crippen LogP contribution is 2.41. The van der Waals surface area contributed by atoms with E-state index in [0.717, 1.165) is 25.7 Å². The quantitative estimate of drug-likeness (QED) is 0.651. The second-order valence-corrected chi connectivity index (χ2v) is 9.80. The molecular weight excluding hydrogens is 394 g/mol. The molecule has 1 aliphatic heterocycles. The molecule has 0 aromatic carbocycles. The summed E-state index contributed by atoms with van der Waals surface area (Å²) < 4.78 is 33.6. The van der Waals surface area contributed by atoms with Crippen LogP contribution < -0.4 is 0 Å². The lowest BCUT2D eigenvalue weighted by atomic mass is 9.84. The van der Waals surface area contributed by atoms with Gasteiger partial charge in [0.05, 0.1) is 7.11 Å². The smallest absolute Gasteiger partial charge is 0.328 e. The average molecular weight is 426 g/mol. The Labute approximate surface area is 172 Å². The molecule has 1 aromatic heterocycles. The van der Waals surface area contributed by atoms with Crippen LogP contribution in [-0.4, -0.2) is 66.3 Å². The van der Waals surface area contributed by atoms with Crippen molar-refractivity contribution in [2.45, 2.75) is 62.9 Å². The summed E-state index contributed by atoms with van der Waals surface area (Å²) in [5.74, 6) is -0.424. The minimum Gasteiger partial charge on any atom is -0.467 e. The van der Waals surface area contributed by atoms with Crippen molar-refractivity contribution in [1.29, 1.82) is 0 Å². The molecule has 1 amide bonds. The molecule has 29 heavy (non-hydrogen) atoms. The van der Waals surface area contributed by atoms with E-state index in [4.69, 9.17) is 4.74 Å².